The Morgan fingerprint density at radius 3 is 3.10 bits per heavy atom. The predicted molar refractivity (Wildman–Crippen MR) is 78.0 cm³/mol. The number of carbonyl (C=O) groups is 1. The molecular formula is C14H16N4O2S. The number of carboxylic acid groups (broad SMARTS) is 1. The first kappa shape index (κ1) is 14.1. The molecule has 0 saturated heterocycles. The van der Waals surface area contributed by atoms with Gasteiger partial charge in [-0.1, -0.05) is 25.1 Å². The van der Waals surface area contributed by atoms with Crippen molar-refractivity contribution < 1.29 is 9.90 Å². The third kappa shape index (κ3) is 2.92. The van der Waals surface area contributed by atoms with Crippen molar-refractivity contribution >= 4 is 17.7 Å². The maximum Gasteiger partial charge on any atom is 0.306 e. The minimum atomic E-state index is -0.785. The van der Waals surface area contributed by atoms with Gasteiger partial charge in [-0.05, 0) is 34.9 Å². The third-order valence-corrected chi connectivity index (χ3v) is 5.00. The second-order valence-corrected chi connectivity index (χ2v) is 6.45. The summed E-state index contributed by atoms with van der Waals surface area (Å²) in [5.74, 6) is -0.350. The van der Waals surface area contributed by atoms with Crippen LogP contribution in [0.25, 0.3) is 0 Å². The highest BCUT2D eigenvalue weighted by Gasteiger charge is 2.28. The fraction of sp³-hybridized carbons (Fsp3) is 0.429. The van der Waals surface area contributed by atoms with E-state index in [2.05, 4.69) is 27.7 Å². The highest BCUT2D eigenvalue weighted by atomic mass is 32.2. The molecule has 0 fully saturated rings. The maximum atomic E-state index is 10.9. The van der Waals surface area contributed by atoms with Gasteiger partial charge in [0.25, 0.3) is 0 Å². The minimum absolute atomic E-state index is 0.206. The zero-order valence-electron chi connectivity index (χ0n) is 11.6. The Kier molecular flexibility index (Phi) is 3.92. The van der Waals surface area contributed by atoms with Crippen molar-refractivity contribution in [2.24, 2.45) is 5.92 Å². The smallest absolute Gasteiger partial charge is 0.306 e. The van der Waals surface area contributed by atoms with E-state index in [1.165, 1.54) is 10.5 Å². The van der Waals surface area contributed by atoms with Crippen LogP contribution >= 0.6 is 11.8 Å². The number of carboxylic acids is 1. The molecule has 1 aromatic heterocycles. The van der Waals surface area contributed by atoms with Crippen LogP contribution in [0.2, 0.25) is 0 Å². The number of nitrogens with zero attached hydrogens (tertiary/aromatic N) is 4. The van der Waals surface area contributed by atoms with E-state index in [-0.39, 0.29) is 5.25 Å². The molecule has 2 aromatic rings. The van der Waals surface area contributed by atoms with Gasteiger partial charge in [-0.3, -0.25) is 4.79 Å². The minimum Gasteiger partial charge on any atom is -0.481 e. The predicted octanol–water partition coefficient (Wildman–Crippen LogP) is 2.17. The van der Waals surface area contributed by atoms with Gasteiger partial charge in [-0.2, -0.15) is 0 Å². The summed E-state index contributed by atoms with van der Waals surface area (Å²) in [5, 5.41) is 21.0. The second-order valence-electron chi connectivity index (χ2n) is 5.21. The van der Waals surface area contributed by atoms with Crippen LogP contribution in [0.3, 0.4) is 0 Å². The zero-order chi connectivity index (χ0) is 14.8. The molecule has 0 saturated carbocycles. The molecule has 6 nitrogen and oxygen atoms in total. The van der Waals surface area contributed by atoms with Crippen molar-refractivity contribution in [1.29, 1.82) is 0 Å². The van der Waals surface area contributed by atoms with Gasteiger partial charge in [0, 0.05) is 11.4 Å². The van der Waals surface area contributed by atoms with Gasteiger partial charge in [0.05, 0.1) is 11.2 Å². The number of tetrazole rings is 1. The van der Waals surface area contributed by atoms with Crippen molar-refractivity contribution in [1.82, 2.24) is 20.2 Å². The molecule has 21 heavy (non-hydrogen) atoms. The number of aliphatic carboxylic acids is 1. The van der Waals surface area contributed by atoms with Crippen LogP contribution in [0.1, 0.15) is 30.0 Å². The number of thioether (sulfide) groups is 1. The third-order valence-electron chi connectivity index (χ3n) is 3.69. The Morgan fingerprint density at radius 2 is 2.33 bits per heavy atom. The van der Waals surface area contributed by atoms with Crippen LogP contribution in [-0.2, 0) is 17.8 Å². The van der Waals surface area contributed by atoms with Crippen molar-refractivity contribution in [3.8, 4) is 0 Å². The molecule has 2 heterocycles. The van der Waals surface area contributed by atoms with Crippen LogP contribution in [0.15, 0.2) is 29.2 Å². The Bertz CT molecular complexity index is 633. The quantitative estimate of drug-likeness (QED) is 0.912. The van der Waals surface area contributed by atoms with Crippen LogP contribution in [0.5, 0.6) is 0 Å². The summed E-state index contributed by atoms with van der Waals surface area (Å²) in [6.07, 6.45) is 1.44. The van der Waals surface area contributed by atoms with Crippen LogP contribution in [0.4, 0.5) is 0 Å². The highest BCUT2D eigenvalue weighted by Crippen LogP contribution is 2.45. The SMILES string of the molecule is CC(CCn1nnnc1C1Cc2ccccc2S1)C(=O)O. The van der Waals surface area contributed by atoms with E-state index >= 15 is 0 Å². The molecular weight excluding hydrogens is 288 g/mol. The number of fused-ring (bicyclic) bond motifs is 1. The average molecular weight is 304 g/mol. The molecule has 2 unspecified atom stereocenters. The number of benzene rings is 1. The largest absolute Gasteiger partial charge is 0.481 e. The molecule has 1 N–H and O–H groups in total. The average Bonchev–Trinajstić information content (AvgIpc) is 3.10. The first-order chi connectivity index (χ1) is 10.1. The van der Waals surface area contributed by atoms with Crippen molar-refractivity contribution in [2.75, 3.05) is 0 Å². The van der Waals surface area contributed by atoms with E-state index in [0.717, 1.165) is 12.2 Å². The summed E-state index contributed by atoms with van der Waals surface area (Å²) < 4.78 is 1.74. The molecule has 7 heteroatoms. The summed E-state index contributed by atoms with van der Waals surface area (Å²) in [4.78, 5) is 12.2. The van der Waals surface area contributed by atoms with Crippen molar-refractivity contribution in [3.63, 3.8) is 0 Å². The second kappa shape index (κ2) is 5.85. The van der Waals surface area contributed by atoms with Gasteiger partial charge in [-0.15, -0.1) is 16.9 Å². The molecule has 0 amide bonds. The molecule has 2 atom stereocenters. The summed E-state index contributed by atoms with van der Waals surface area (Å²) in [6, 6.07) is 8.31. The van der Waals surface area contributed by atoms with E-state index < -0.39 is 11.9 Å². The van der Waals surface area contributed by atoms with Gasteiger partial charge in [0.1, 0.15) is 0 Å². The molecule has 0 radical (unpaired) electrons. The van der Waals surface area contributed by atoms with Gasteiger partial charge in [-0.25, -0.2) is 4.68 Å². The lowest BCUT2D eigenvalue weighted by molar-refractivity contribution is -0.141. The lowest BCUT2D eigenvalue weighted by Crippen LogP contribution is -2.15. The number of aryl methyl sites for hydroxylation is 1. The van der Waals surface area contributed by atoms with E-state index in [1.54, 1.807) is 23.4 Å². The Morgan fingerprint density at radius 1 is 1.52 bits per heavy atom. The van der Waals surface area contributed by atoms with Crippen molar-refractivity contribution in [2.45, 2.75) is 36.5 Å². The molecule has 0 bridgehead atoms. The maximum absolute atomic E-state index is 10.9. The number of aromatic nitrogens is 4. The molecule has 1 aliphatic rings. The fourth-order valence-corrected chi connectivity index (χ4v) is 3.67. The van der Waals surface area contributed by atoms with E-state index in [9.17, 15) is 4.79 Å². The van der Waals surface area contributed by atoms with Gasteiger partial charge in [0.2, 0.25) is 0 Å². The van der Waals surface area contributed by atoms with Crippen LogP contribution in [0, 0.1) is 5.92 Å². The van der Waals surface area contributed by atoms with Gasteiger partial charge >= 0.3 is 5.97 Å². The summed E-state index contributed by atoms with van der Waals surface area (Å²) in [7, 11) is 0. The number of rotatable bonds is 5. The molecule has 1 aromatic carbocycles. The van der Waals surface area contributed by atoms with E-state index in [1.807, 2.05) is 12.1 Å². The Hall–Kier alpha value is -1.89. The summed E-state index contributed by atoms with van der Waals surface area (Å²) >= 11 is 1.77. The highest BCUT2D eigenvalue weighted by molar-refractivity contribution is 7.99. The van der Waals surface area contributed by atoms with Crippen molar-refractivity contribution in [3.05, 3.63) is 35.7 Å². The number of hydrogen-bond donors (Lipinski definition) is 1. The van der Waals surface area contributed by atoms with Gasteiger partial charge in [0.15, 0.2) is 5.82 Å². The molecule has 3 rings (SSSR count). The fourth-order valence-electron chi connectivity index (χ4n) is 2.37. The zero-order valence-corrected chi connectivity index (χ0v) is 12.5. The molecule has 0 aliphatic carbocycles. The van der Waals surface area contributed by atoms with Gasteiger partial charge < -0.3 is 5.11 Å². The van der Waals surface area contributed by atoms with Crippen LogP contribution in [-0.4, -0.2) is 31.3 Å². The lowest BCUT2D eigenvalue weighted by Gasteiger charge is -2.10. The Labute approximate surface area is 126 Å². The lowest BCUT2D eigenvalue weighted by atomic mass is 10.1. The standard InChI is InChI=1S/C14H16N4O2S/c1-9(14(19)20)6-7-18-13(15-16-17-18)12-8-10-4-2-3-5-11(10)21-12/h2-5,9,12H,6-8H2,1H3,(H,19,20). The number of hydrogen-bond acceptors (Lipinski definition) is 5. The topological polar surface area (TPSA) is 80.9 Å². The molecule has 110 valence electrons. The Balaban J connectivity index is 1.71. The molecule has 1 aliphatic heterocycles. The normalized spacial score (nSPS) is 18.4. The first-order valence-electron chi connectivity index (χ1n) is 6.88. The van der Waals surface area contributed by atoms with Crippen LogP contribution < -0.4 is 0 Å². The van der Waals surface area contributed by atoms with E-state index in [4.69, 9.17) is 5.11 Å². The first-order valence-corrected chi connectivity index (χ1v) is 7.76. The van der Waals surface area contributed by atoms with E-state index in [0.29, 0.717) is 13.0 Å². The monoisotopic (exact) mass is 304 g/mol. The molecule has 0 spiro atoms. The summed E-state index contributed by atoms with van der Waals surface area (Å²) in [5.41, 5.74) is 1.32. The summed E-state index contributed by atoms with van der Waals surface area (Å²) in [6.45, 7) is 2.23.